The smallest absolute Gasteiger partial charge is 0.338 e. The Morgan fingerprint density at radius 1 is 0.769 bits per heavy atom. The number of esters is 3. The second kappa shape index (κ2) is 11.8. The van der Waals surface area contributed by atoms with E-state index >= 15 is 0 Å². The fraction of sp³-hybridized carbons (Fsp3) is 0.323. The van der Waals surface area contributed by atoms with E-state index in [2.05, 4.69) is 0 Å². The number of carbonyl (C=O) groups excluding carboxylic acids is 3. The van der Waals surface area contributed by atoms with Crippen LogP contribution in [0.4, 0.5) is 0 Å². The Bertz CT molecular complexity index is 1280. The quantitative estimate of drug-likeness (QED) is 0.312. The lowest BCUT2D eigenvalue weighted by Gasteiger charge is -2.35. The first-order valence-electron chi connectivity index (χ1n) is 12.9. The first kappa shape index (κ1) is 26.6. The van der Waals surface area contributed by atoms with Crippen molar-refractivity contribution in [3.8, 4) is 0 Å². The zero-order chi connectivity index (χ0) is 27.2. The number of benzene rings is 3. The highest BCUT2D eigenvalue weighted by Gasteiger charge is 2.68. The van der Waals surface area contributed by atoms with Crippen LogP contribution in [-0.4, -0.2) is 47.9 Å². The van der Waals surface area contributed by atoms with Crippen molar-refractivity contribution in [2.75, 3.05) is 13.2 Å². The van der Waals surface area contributed by atoms with Crippen molar-refractivity contribution in [3.63, 3.8) is 0 Å². The van der Waals surface area contributed by atoms with E-state index in [0.717, 1.165) is 11.1 Å². The topological polar surface area (TPSA) is 108 Å². The molecule has 202 valence electrons. The Hall–Kier alpha value is -4.01. The molecule has 3 aromatic rings. The Kier molecular flexibility index (Phi) is 8.05. The summed E-state index contributed by atoms with van der Waals surface area (Å²) in [7, 11) is 0. The van der Waals surface area contributed by atoms with Gasteiger partial charge < -0.3 is 24.1 Å². The lowest BCUT2D eigenvalue weighted by atomic mass is 9.68. The number of aliphatic hydroxyl groups is 1. The van der Waals surface area contributed by atoms with Gasteiger partial charge in [-0.15, -0.1) is 0 Å². The molecule has 2 aliphatic rings. The number of hydrogen-bond donors (Lipinski definition) is 1. The second-order valence-corrected chi connectivity index (χ2v) is 9.92. The molecule has 2 bridgehead atoms. The number of ether oxygens (including phenoxy) is 4. The third-order valence-electron chi connectivity index (χ3n) is 7.40. The van der Waals surface area contributed by atoms with Crippen LogP contribution in [0.25, 0.3) is 0 Å². The molecule has 8 nitrogen and oxygen atoms in total. The lowest BCUT2D eigenvalue weighted by molar-refractivity contribution is -0.167. The zero-order valence-corrected chi connectivity index (χ0v) is 21.3. The first-order chi connectivity index (χ1) is 19.0. The van der Waals surface area contributed by atoms with Crippen LogP contribution in [0.15, 0.2) is 91.0 Å². The summed E-state index contributed by atoms with van der Waals surface area (Å²) < 4.78 is 23.0. The number of carbonyl (C=O) groups is 3. The fourth-order valence-electron chi connectivity index (χ4n) is 5.53. The van der Waals surface area contributed by atoms with Gasteiger partial charge in [-0.3, -0.25) is 9.59 Å². The van der Waals surface area contributed by atoms with Crippen molar-refractivity contribution in [2.24, 2.45) is 17.8 Å². The maximum atomic E-state index is 13.5. The van der Waals surface area contributed by atoms with Gasteiger partial charge in [0.05, 0.1) is 30.8 Å². The van der Waals surface area contributed by atoms with Crippen LogP contribution < -0.4 is 0 Å². The molecule has 2 fully saturated rings. The monoisotopic (exact) mass is 530 g/mol. The minimum atomic E-state index is -1.35. The van der Waals surface area contributed by atoms with Crippen molar-refractivity contribution in [1.29, 1.82) is 0 Å². The summed E-state index contributed by atoms with van der Waals surface area (Å²) in [6.07, 6.45) is -0.567. The van der Waals surface area contributed by atoms with Crippen LogP contribution in [0.1, 0.15) is 27.9 Å². The molecule has 0 aromatic heterocycles. The molecule has 0 saturated carbocycles. The summed E-state index contributed by atoms with van der Waals surface area (Å²) in [6, 6.07) is 27.0. The maximum absolute atomic E-state index is 13.5. The van der Waals surface area contributed by atoms with Gasteiger partial charge in [0.15, 0.2) is 0 Å². The normalized spacial score (nSPS) is 25.2. The van der Waals surface area contributed by atoms with Crippen LogP contribution in [0.5, 0.6) is 0 Å². The Labute approximate surface area is 226 Å². The highest BCUT2D eigenvalue weighted by Crippen LogP contribution is 2.55. The molecule has 39 heavy (non-hydrogen) atoms. The largest absolute Gasteiger partial charge is 0.462 e. The molecule has 5 rings (SSSR count). The first-order valence-corrected chi connectivity index (χ1v) is 12.9. The van der Waals surface area contributed by atoms with E-state index in [1.807, 2.05) is 60.7 Å². The van der Waals surface area contributed by atoms with Crippen molar-refractivity contribution < 1.29 is 38.4 Å². The predicted octanol–water partition coefficient (Wildman–Crippen LogP) is 3.71. The van der Waals surface area contributed by atoms with Gasteiger partial charge in [0.25, 0.3) is 0 Å². The molecule has 1 unspecified atom stereocenters. The van der Waals surface area contributed by atoms with Crippen molar-refractivity contribution in [2.45, 2.75) is 31.3 Å². The van der Waals surface area contributed by atoms with Crippen LogP contribution in [-0.2, 0) is 41.8 Å². The number of hydrogen-bond acceptors (Lipinski definition) is 8. The number of fused-ring (bicyclic) bond motifs is 2. The summed E-state index contributed by atoms with van der Waals surface area (Å²) in [5.41, 5.74) is 0.642. The van der Waals surface area contributed by atoms with Gasteiger partial charge in [0.2, 0.25) is 0 Å². The Balaban J connectivity index is 1.34. The van der Waals surface area contributed by atoms with E-state index in [-0.39, 0.29) is 26.2 Å². The molecule has 3 aromatic carbocycles. The molecule has 2 heterocycles. The average molecular weight is 531 g/mol. The molecule has 8 heteroatoms. The Morgan fingerprint density at radius 2 is 1.31 bits per heavy atom. The molecule has 0 radical (unpaired) electrons. The zero-order valence-electron chi connectivity index (χ0n) is 21.3. The summed E-state index contributed by atoms with van der Waals surface area (Å²) in [5, 5.41) is 10.4. The van der Waals surface area contributed by atoms with E-state index in [1.165, 1.54) is 0 Å². The molecule has 2 aliphatic heterocycles. The van der Waals surface area contributed by atoms with Crippen LogP contribution in [0, 0.1) is 17.8 Å². The van der Waals surface area contributed by atoms with Crippen LogP contribution in [0.2, 0.25) is 0 Å². The number of rotatable bonds is 10. The van der Waals surface area contributed by atoms with Gasteiger partial charge in [0, 0.05) is 5.92 Å². The third-order valence-corrected chi connectivity index (χ3v) is 7.40. The van der Waals surface area contributed by atoms with Crippen molar-refractivity contribution in [1.82, 2.24) is 0 Å². The maximum Gasteiger partial charge on any atom is 0.338 e. The van der Waals surface area contributed by atoms with Gasteiger partial charge in [-0.2, -0.15) is 0 Å². The molecule has 5 atom stereocenters. The SMILES string of the molecule is O=C(OC[C@H]1C[C@@]2(CO)O[C@H]1C(C(=O)OCc1ccccc1)[C@H]2C(=O)OCc1ccccc1)c1ccccc1. The van der Waals surface area contributed by atoms with Crippen molar-refractivity contribution >= 4 is 17.9 Å². The third kappa shape index (κ3) is 5.72. The van der Waals surface area contributed by atoms with E-state index in [1.54, 1.807) is 30.3 Å². The number of aliphatic hydroxyl groups excluding tert-OH is 1. The van der Waals surface area contributed by atoms with E-state index in [4.69, 9.17) is 18.9 Å². The minimum Gasteiger partial charge on any atom is -0.462 e. The van der Waals surface area contributed by atoms with E-state index in [9.17, 15) is 19.5 Å². The average Bonchev–Trinajstić information content (AvgIpc) is 3.53. The Morgan fingerprint density at radius 3 is 1.87 bits per heavy atom. The van der Waals surface area contributed by atoms with Gasteiger partial charge in [-0.1, -0.05) is 78.9 Å². The van der Waals surface area contributed by atoms with Crippen molar-refractivity contribution in [3.05, 3.63) is 108 Å². The van der Waals surface area contributed by atoms with Gasteiger partial charge in [-0.25, -0.2) is 4.79 Å². The highest BCUT2D eigenvalue weighted by atomic mass is 16.6. The molecule has 0 amide bonds. The van der Waals surface area contributed by atoms with Gasteiger partial charge >= 0.3 is 17.9 Å². The van der Waals surface area contributed by atoms with Crippen LogP contribution >= 0.6 is 0 Å². The molecule has 1 N–H and O–H groups in total. The molecule has 2 saturated heterocycles. The summed E-state index contributed by atoms with van der Waals surface area (Å²) in [4.78, 5) is 39.4. The molecular weight excluding hydrogens is 500 g/mol. The van der Waals surface area contributed by atoms with E-state index in [0.29, 0.717) is 5.56 Å². The molecule has 0 aliphatic carbocycles. The lowest BCUT2D eigenvalue weighted by Crippen LogP contribution is -2.51. The van der Waals surface area contributed by atoms with E-state index < -0.39 is 54.0 Å². The highest BCUT2D eigenvalue weighted by molar-refractivity contribution is 5.89. The van der Waals surface area contributed by atoms with Gasteiger partial charge in [0.1, 0.15) is 24.7 Å². The summed E-state index contributed by atoms with van der Waals surface area (Å²) in [6.45, 7) is -0.491. The fourth-order valence-corrected chi connectivity index (χ4v) is 5.53. The second-order valence-electron chi connectivity index (χ2n) is 9.92. The minimum absolute atomic E-state index is 0.0201. The standard InChI is InChI=1S/C31H30O8/c32-20-31-16-24(19-38-28(33)23-14-8-3-9-15-23)27(39-31)25(29(34)36-17-21-10-4-1-5-11-21)26(31)30(35)37-18-22-12-6-2-7-13-22/h1-15,24-27,32H,16-20H2/t24-,25?,26+,27-,31+/m1/s1. The predicted molar refractivity (Wildman–Crippen MR) is 139 cm³/mol. The summed E-state index contributed by atoms with van der Waals surface area (Å²) in [5.74, 6) is -4.29. The molecular formula is C31H30O8. The van der Waals surface area contributed by atoms with Crippen LogP contribution in [0.3, 0.4) is 0 Å². The summed E-state index contributed by atoms with van der Waals surface area (Å²) >= 11 is 0. The molecule has 0 spiro atoms. The van der Waals surface area contributed by atoms with Gasteiger partial charge in [-0.05, 0) is 29.7 Å².